The first-order valence-electron chi connectivity index (χ1n) is 6.68. The van der Waals surface area contributed by atoms with Crippen LogP contribution in [0.4, 0.5) is 0 Å². The second-order valence-electron chi connectivity index (χ2n) is 4.73. The lowest BCUT2D eigenvalue weighted by molar-refractivity contribution is -0.131. The van der Waals surface area contributed by atoms with Crippen molar-refractivity contribution in [1.29, 1.82) is 0 Å². The fourth-order valence-electron chi connectivity index (χ4n) is 1.76. The van der Waals surface area contributed by atoms with E-state index in [1.165, 1.54) is 11.8 Å². The normalized spacial score (nSPS) is 14.1. The van der Waals surface area contributed by atoms with Gasteiger partial charge in [-0.3, -0.25) is 9.63 Å². The molecule has 0 spiro atoms. The highest BCUT2D eigenvalue weighted by Crippen LogP contribution is 2.36. The van der Waals surface area contributed by atoms with Gasteiger partial charge in [0.1, 0.15) is 0 Å². The van der Waals surface area contributed by atoms with Gasteiger partial charge in [0.25, 0.3) is 5.91 Å². The Morgan fingerprint density at radius 2 is 2.19 bits per heavy atom. The maximum atomic E-state index is 11.7. The van der Waals surface area contributed by atoms with Gasteiger partial charge in [-0.25, -0.2) is 10.2 Å². The number of aromatic nitrogens is 4. The molecule has 110 valence electrons. The molecule has 0 bridgehead atoms. The molecule has 1 saturated carbocycles. The molecule has 2 aromatic rings. The minimum Gasteiger partial charge on any atom is -0.272 e. The van der Waals surface area contributed by atoms with Crippen LogP contribution in [0.25, 0.3) is 0 Å². The SMILES string of the molecule is O=C(CSc1nnnn1C1CC1)NOCc1ccccc1. The summed E-state index contributed by atoms with van der Waals surface area (Å²) in [4.78, 5) is 16.9. The summed E-state index contributed by atoms with van der Waals surface area (Å²) in [5, 5.41) is 12.2. The number of nitrogens with one attached hydrogen (secondary N) is 1. The summed E-state index contributed by atoms with van der Waals surface area (Å²) in [6.45, 7) is 0.344. The third-order valence-electron chi connectivity index (χ3n) is 2.96. The van der Waals surface area contributed by atoms with Gasteiger partial charge in [-0.2, -0.15) is 0 Å². The van der Waals surface area contributed by atoms with E-state index >= 15 is 0 Å². The predicted molar refractivity (Wildman–Crippen MR) is 76.2 cm³/mol. The van der Waals surface area contributed by atoms with Crippen LogP contribution < -0.4 is 5.48 Å². The summed E-state index contributed by atoms with van der Waals surface area (Å²) >= 11 is 1.31. The number of amides is 1. The number of rotatable bonds is 7. The third kappa shape index (κ3) is 4.02. The third-order valence-corrected chi connectivity index (χ3v) is 3.89. The minimum absolute atomic E-state index is 0.207. The number of benzene rings is 1. The minimum atomic E-state index is -0.207. The molecule has 0 radical (unpaired) electrons. The van der Waals surface area contributed by atoms with Gasteiger partial charge in [0.05, 0.1) is 18.4 Å². The quantitative estimate of drug-likeness (QED) is 0.614. The molecule has 0 saturated heterocycles. The Bertz CT molecular complexity index is 600. The Hall–Kier alpha value is -1.93. The Labute approximate surface area is 126 Å². The van der Waals surface area contributed by atoms with E-state index in [-0.39, 0.29) is 11.7 Å². The zero-order chi connectivity index (χ0) is 14.5. The van der Waals surface area contributed by atoms with Crippen molar-refractivity contribution in [1.82, 2.24) is 25.7 Å². The molecule has 1 aromatic heterocycles. The summed E-state index contributed by atoms with van der Waals surface area (Å²) in [5.41, 5.74) is 3.42. The standard InChI is InChI=1S/C13H15N5O2S/c19-12(15-20-8-10-4-2-1-3-5-10)9-21-13-14-16-17-18(13)11-6-7-11/h1-5,11H,6-9H2,(H,15,19). The van der Waals surface area contributed by atoms with Crippen LogP contribution in [0.15, 0.2) is 35.5 Å². The summed E-state index contributed by atoms with van der Waals surface area (Å²) in [7, 11) is 0. The van der Waals surface area contributed by atoms with E-state index in [4.69, 9.17) is 4.84 Å². The molecule has 1 aliphatic carbocycles. The van der Waals surface area contributed by atoms with Gasteiger partial charge in [0, 0.05) is 0 Å². The molecule has 21 heavy (non-hydrogen) atoms. The molecule has 1 aliphatic rings. The average Bonchev–Trinajstić information content (AvgIpc) is 3.25. The molecular weight excluding hydrogens is 290 g/mol. The van der Waals surface area contributed by atoms with Gasteiger partial charge in [-0.15, -0.1) is 5.10 Å². The zero-order valence-electron chi connectivity index (χ0n) is 11.3. The Morgan fingerprint density at radius 1 is 1.38 bits per heavy atom. The molecule has 8 heteroatoms. The van der Waals surface area contributed by atoms with E-state index in [0.29, 0.717) is 17.8 Å². The van der Waals surface area contributed by atoms with E-state index in [2.05, 4.69) is 21.0 Å². The van der Waals surface area contributed by atoms with Crippen LogP contribution in [0.2, 0.25) is 0 Å². The first-order valence-corrected chi connectivity index (χ1v) is 7.67. The van der Waals surface area contributed by atoms with Gasteiger partial charge in [0.15, 0.2) is 0 Å². The van der Waals surface area contributed by atoms with E-state index in [1.807, 2.05) is 30.3 Å². The first kappa shape index (κ1) is 14.0. The largest absolute Gasteiger partial charge is 0.272 e. The maximum Gasteiger partial charge on any atom is 0.254 e. The molecule has 1 amide bonds. The van der Waals surface area contributed by atoms with Crippen molar-refractivity contribution in [3.8, 4) is 0 Å². The highest BCUT2D eigenvalue weighted by atomic mass is 32.2. The van der Waals surface area contributed by atoms with Gasteiger partial charge < -0.3 is 0 Å². The number of hydrogen-bond acceptors (Lipinski definition) is 6. The van der Waals surface area contributed by atoms with Crippen molar-refractivity contribution in [3.63, 3.8) is 0 Å². The van der Waals surface area contributed by atoms with Crippen LogP contribution in [0.3, 0.4) is 0 Å². The van der Waals surface area contributed by atoms with Crippen molar-refractivity contribution in [2.24, 2.45) is 0 Å². The van der Waals surface area contributed by atoms with E-state index in [9.17, 15) is 4.79 Å². The first-order chi connectivity index (χ1) is 10.3. The fraction of sp³-hybridized carbons (Fsp3) is 0.385. The highest BCUT2D eigenvalue weighted by Gasteiger charge is 2.28. The van der Waals surface area contributed by atoms with Gasteiger partial charge in [-0.05, 0) is 28.8 Å². The van der Waals surface area contributed by atoms with Crippen molar-refractivity contribution in [2.45, 2.75) is 30.6 Å². The zero-order valence-corrected chi connectivity index (χ0v) is 12.1. The monoisotopic (exact) mass is 305 g/mol. The predicted octanol–water partition coefficient (Wildman–Crippen LogP) is 1.35. The molecule has 0 atom stereocenters. The maximum absolute atomic E-state index is 11.7. The van der Waals surface area contributed by atoms with Gasteiger partial charge in [-0.1, -0.05) is 42.1 Å². The number of carbonyl (C=O) groups is 1. The number of thioether (sulfide) groups is 1. The lowest BCUT2D eigenvalue weighted by atomic mass is 10.2. The van der Waals surface area contributed by atoms with Crippen LogP contribution in [0.5, 0.6) is 0 Å². The van der Waals surface area contributed by atoms with E-state index < -0.39 is 0 Å². The summed E-state index contributed by atoms with van der Waals surface area (Å²) in [6, 6.07) is 10.1. The van der Waals surface area contributed by atoms with Crippen molar-refractivity contribution >= 4 is 17.7 Å². The van der Waals surface area contributed by atoms with Crippen LogP contribution >= 0.6 is 11.8 Å². The highest BCUT2D eigenvalue weighted by molar-refractivity contribution is 7.99. The number of hydrogen-bond donors (Lipinski definition) is 1. The molecule has 3 rings (SSSR count). The molecule has 0 aliphatic heterocycles. The van der Waals surface area contributed by atoms with E-state index in [1.54, 1.807) is 4.68 Å². The summed E-state index contributed by atoms with van der Waals surface area (Å²) in [5.74, 6) is 0.0169. The second kappa shape index (κ2) is 6.68. The Kier molecular flexibility index (Phi) is 4.46. The van der Waals surface area contributed by atoms with Crippen LogP contribution in [-0.4, -0.2) is 31.9 Å². The number of tetrazole rings is 1. The van der Waals surface area contributed by atoms with Gasteiger partial charge in [0.2, 0.25) is 5.16 Å². The lowest BCUT2D eigenvalue weighted by Gasteiger charge is -2.05. The molecular formula is C13H15N5O2S. The summed E-state index contributed by atoms with van der Waals surface area (Å²) in [6.07, 6.45) is 2.20. The topological polar surface area (TPSA) is 81.9 Å². The molecule has 7 nitrogen and oxygen atoms in total. The second-order valence-corrected chi connectivity index (χ2v) is 5.67. The Balaban J connectivity index is 1.39. The molecule has 1 aromatic carbocycles. The number of carbonyl (C=O) groups excluding carboxylic acids is 1. The molecule has 0 unspecified atom stereocenters. The summed E-state index contributed by atoms with van der Waals surface area (Å²) < 4.78 is 1.78. The van der Waals surface area contributed by atoms with Gasteiger partial charge >= 0.3 is 0 Å². The van der Waals surface area contributed by atoms with Crippen LogP contribution in [-0.2, 0) is 16.2 Å². The average molecular weight is 305 g/mol. The fourth-order valence-corrected chi connectivity index (χ4v) is 2.49. The smallest absolute Gasteiger partial charge is 0.254 e. The lowest BCUT2D eigenvalue weighted by Crippen LogP contribution is -2.25. The van der Waals surface area contributed by atoms with Crippen molar-refractivity contribution < 1.29 is 9.63 Å². The van der Waals surface area contributed by atoms with Crippen LogP contribution in [0, 0.1) is 0 Å². The molecule has 1 fully saturated rings. The van der Waals surface area contributed by atoms with E-state index in [0.717, 1.165) is 18.4 Å². The van der Waals surface area contributed by atoms with Crippen LogP contribution in [0.1, 0.15) is 24.4 Å². The number of hydroxylamine groups is 1. The van der Waals surface area contributed by atoms with Crippen molar-refractivity contribution in [3.05, 3.63) is 35.9 Å². The molecule has 1 heterocycles. The van der Waals surface area contributed by atoms with Crippen molar-refractivity contribution in [2.75, 3.05) is 5.75 Å². The molecule has 1 N–H and O–H groups in total. The Morgan fingerprint density at radius 3 is 2.95 bits per heavy atom. The number of nitrogens with zero attached hydrogens (tertiary/aromatic N) is 4.